The number of nitrogens with zero attached hydrogens (tertiary/aromatic N) is 2. The number of aliphatic hydroxyl groups is 1. The number of aromatic nitrogens is 3. The zero-order valence-electron chi connectivity index (χ0n) is 8.09. The van der Waals surface area contributed by atoms with E-state index in [4.69, 9.17) is 10.8 Å². The highest BCUT2D eigenvalue weighted by Crippen LogP contribution is 2.15. The summed E-state index contributed by atoms with van der Waals surface area (Å²) < 4.78 is 0. The summed E-state index contributed by atoms with van der Waals surface area (Å²) in [7, 11) is 0. The zero-order chi connectivity index (χ0) is 10.7. The van der Waals surface area contributed by atoms with E-state index in [1.807, 2.05) is 30.3 Å². The third-order valence-corrected chi connectivity index (χ3v) is 2.14. The van der Waals surface area contributed by atoms with Crippen LogP contribution in [0, 0.1) is 0 Å². The summed E-state index contributed by atoms with van der Waals surface area (Å²) in [5, 5.41) is 15.4. The van der Waals surface area contributed by atoms with Crippen LogP contribution < -0.4 is 5.73 Å². The van der Waals surface area contributed by atoms with Gasteiger partial charge in [0.05, 0.1) is 6.04 Å². The van der Waals surface area contributed by atoms with Gasteiger partial charge in [-0.2, -0.15) is 5.10 Å². The summed E-state index contributed by atoms with van der Waals surface area (Å²) >= 11 is 0. The maximum Gasteiger partial charge on any atom is 0.171 e. The lowest BCUT2D eigenvalue weighted by atomic mass is 10.1. The summed E-state index contributed by atoms with van der Waals surface area (Å²) in [6.45, 7) is -0.158. The minimum atomic E-state index is -0.359. The normalized spacial score (nSPS) is 12.7. The molecule has 0 amide bonds. The first-order chi connectivity index (χ1) is 7.31. The number of H-pyrrole nitrogens is 1. The quantitative estimate of drug-likeness (QED) is 0.673. The first-order valence-electron chi connectivity index (χ1n) is 4.64. The number of rotatable bonds is 3. The molecular weight excluding hydrogens is 192 g/mol. The Balaban J connectivity index is 2.24. The molecule has 15 heavy (non-hydrogen) atoms. The maximum atomic E-state index is 8.83. The fourth-order valence-electron chi connectivity index (χ4n) is 1.33. The number of hydrogen-bond donors (Lipinski definition) is 3. The van der Waals surface area contributed by atoms with E-state index in [9.17, 15) is 0 Å². The molecule has 0 saturated heterocycles. The SMILES string of the molecule is NC(c1ccccc1)c1n[nH]c(CO)n1. The van der Waals surface area contributed by atoms with Crippen molar-refractivity contribution in [2.45, 2.75) is 12.6 Å². The molecule has 0 spiro atoms. The van der Waals surface area contributed by atoms with Gasteiger partial charge in [-0.1, -0.05) is 30.3 Å². The van der Waals surface area contributed by atoms with Crippen LogP contribution in [0.25, 0.3) is 0 Å². The first-order valence-corrected chi connectivity index (χ1v) is 4.64. The predicted molar refractivity (Wildman–Crippen MR) is 54.8 cm³/mol. The topological polar surface area (TPSA) is 87.8 Å². The smallest absolute Gasteiger partial charge is 0.171 e. The van der Waals surface area contributed by atoms with Gasteiger partial charge in [-0.05, 0) is 5.56 Å². The Bertz CT molecular complexity index is 426. The van der Waals surface area contributed by atoms with Crippen LogP contribution >= 0.6 is 0 Å². The summed E-state index contributed by atoms with van der Waals surface area (Å²) in [4.78, 5) is 4.06. The van der Waals surface area contributed by atoms with Crippen molar-refractivity contribution in [3.05, 3.63) is 47.5 Å². The van der Waals surface area contributed by atoms with Crippen LogP contribution in [0.4, 0.5) is 0 Å². The van der Waals surface area contributed by atoms with Crippen LogP contribution in [-0.2, 0) is 6.61 Å². The van der Waals surface area contributed by atoms with E-state index >= 15 is 0 Å². The molecule has 1 aromatic carbocycles. The molecule has 0 radical (unpaired) electrons. The summed E-state index contributed by atoms with van der Waals surface area (Å²) in [6.07, 6.45) is 0. The van der Waals surface area contributed by atoms with Crippen LogP contribution in [0.2, 0.25) is 0 Å². The fraction of sp³-hybridized carbons (Fsp3) is 0.200. The number of nitrogens with one attached hydrogen (secondary N) is 1. The zero-order valence-corrected chi connectivity index (χ0v) is 8.09. The van der Waals surface area contributed by atoms with Crippen molar-refractivity contribution in [3.8, 4) is 0 Å². The monoisotopic (exact) mass is 204 g/mol. The lowest BCUT2D eigenvalue weighted by Gasteiger charge is -2.06. The van der Waals surface area contributed by atoms with E-state index < -0.39 is 0 Å². The van der Waals surface area contributed by atoms with E-state index in [0.717, 1.165) is 5.56 Å². The molecular formula is C10H12N4O. The summed E-state index contributed by atoms with van der Waals surface area (Å²) in [5.41, 5.74) is 6.90. The molecule has 0 aliphatic carbocycles. The highest BCUT2D eigenvalue weighted by Gasteiger charge is 2.13. The van der Waals surface area contributed by atoms with E-state index in [1.165, 1.54) is 0 Å². The number of aliphatic hydroxyl groups excluding tert-OH is 1. The van der Waals surface area contributed by atoms with E-state index in [2.05, 4.69) is 15.2 Å². The molecule has 0 aliphatic rings. The molecule has 4 N–H and O–H groups in total. The minimum absolute atomic E-state index is 0.158. The molecule has 0 saturated carbocycles. The molecule has 78 valence electrons. The van der Waals surface area contributed by atoms with E-state index in [-0.39, 0.29) is 12.6 Å². The van der Waals surface area contributed by atoms with Gasteiger partial charge in [0.2, 0.25) is 0 Å². The van der Waals surface area contributed by atoms with Crippen molar-refractivity contribution in [2.75, 3.05) is 0 Å². The molecule has 0 aliphatic heterocycles. The van der Waals surface area contributed by atoms with Gasteiger partial charge in [-0.15, -0.1) is 0 Å². The Labute approximate surface area is 87.0 Å². The Morgan fingerprint density at radius 1 is 1.33 bits per heavy atom. The first kappa shape index (κ1) is 9.82. The average molecular weight is 204 g/mol. The number of nitrogens with two attached hydrogens (primary N) is 1. The van der Waals surface area contributed by atoms with Gasteiger partial charge in [-0.25, -0.2) is 4.98 Å². The van der Waals surface area contributed by atoms with Crippen molar-refractivity contribution in [1.29, 1.82) is 0 Å². The van der Waals surface area contributed by atoms with Gasteiger partial charge < -0.3 is 10.8 Å². The van der Waals surface area contributed by atoms with Gasteiger partial charge in [0.15, 0.2) is 5.82 Å². The Kier molecular flexibility index (Phi) is 2.75. The van der Waals surface area contributed by atoms with Gasteiger partial charge in [0, 0.05) is 0 Å². The number of aromatic amines is 1. The van der Waals surface area contributed by atoms with E-state index in [1.54, 1.807) is 0 Å². The van der Waals surface area contributed by atoms with Gasteiger partial charge >= 0.3 is 0 Å². The van der Waals surface area contributed by atoms with Crippen LogP contribution in [0.15, 0.2) is 30.3 Å². The van der Waals surface area contributed by atoms with Crippen LogP contribution in [0.1, 0.15) is 23.3 Å². The van der Waals surface area contributed by atoms with E-state index in [0.29, 0.717) is 11.6 Å². The standard InChI is InChI=1S/C10H12N4O/c11-9(7-4-2-1-3-5-7)10-12-8(6-15)13-14-10/h1-5,9,15H,6,11H2,(H,12,13,14). The Morgan fingerprint density at radius 3 is 2.67 bits per heavy atom. The van der Waals surface area contributed by atoms with Gasteiger partial charge in [0.25, 0.3) is 0 Å². The second-order valence-electron chi connectivity index (χ2n) is 3.19. The van der Waals surface area contributed by atoms with Crippen molar-refractivity contribution in [2.24, 2.45) is 5.73 Å². The van der Waals surface area contributed by atoms with Crippen molar-refractivity contribution in [1.82, 2.24) is 15.2 Å². The van der Waals surface area contributed by atoms with Crippen molar-refractivity contribution in [3.63, 3.8) is 0 Å². The lowest BCUT2D eigenvalue weighted by Crippen LogP contribution is -2.13. The van der Waals surface area contributed by atoms with Crippen LogP contribution in [-0.4, -0.2) is 20.3 Å². The number of benzene rings is 1. The Morgan fingerprint density at radius 2 is 2.07 bits per heavy atom. The van der Waals surface area contributed by atoms with Crippen molar-refractivity contribution < 1.29 is 5.11 Å². The molecule has 1 atom stereocenters. The predicted octanol–water partition coefficient (Wildman–Crippen LogP) is 0.345. The summed E-state index contributed by atoms with van der Waals surface area (Å²) in [5.74, 6) is 0.918. The van der Waals surface area contributed by atoms with Gasteiger partial charge in [0.1, 0.15) is 12.4 Å². The van der Waals surface area contributed by atoms with Crippen LogP contribution in [0.3, 0.4) is 0 Å². The molecule has 0 bridgehead atoms. The molecule has 5 nitrogen and oxygen atoms in total. The lowest BCUT2D eigenvalue weighted by molar-refractivity contribution is 0.271. The molecule has 1 aromatic heterocycles. The van der Waals surface area contributed by atoms with Crippen molar-refractivity contribution >= 4 is 0 Å². The molecule has 2 rings (SSSR count). The molecule has 0 fully saturated rings. The van der Waals surface area contributed by atoms with Gasteiger partial charge in [-0.3, -0.25) is 5.10 Å². The third kappa shape index (κ3) is 2.03. The molecule has 2 aromatic rings. The average Bonchev–Trinajstić information content (AvgIpc) is 2.78. The second kappa shape index (κ2) is 4.20. The highest BCUT2D eigenvalue weighted by atomic mass is 16.3. The van der Waals surface area contributed by atoms with Crippen LogP contribution in [0.5, 0.6) is 0 Å². The third-order valence-electron chi connectivity index (χ3n) is 2.14. The molecule has 1 unspecified atom stereocenters. The Hall–Kier alpha value is -1.72. The number of hydrogen-bond acceptors (Lipinski definition) is 4. The maximum absolute atomic E-state index is 8.83. The largest absolute Gasteiger partial charge is 0.388 e. The minimum Gasteiger partial charge on any atom is -0.388 e. The molecule has 1 heterocycles. The highest BCUT2D eigenvalue weighted by molar-refractivity contribution is 5.23. The molecule has 5 heteroatoms. The fourth-order valence-corrected chi connectivity index (χ4v) is 1.33. The summed E-state index contributed by atoms with van der Waals surface area (Å²) in [6, 6.07) is 9.22. The second-order valence-corrected chi connectivity index (χ2v) is 3.19.